The van der Waals surface area contributed by atoms with Crippen molar-refractivity contribution in [1.82, 2.24) is 0 Å². The Labute approximate surface area is 132 Å². The molecule has 1 aliphatic carbocycles. The Hall–Kier alpha value is -1.13. The molecule has 4 heteroatoms. The third-order valence-corrected chi connectivity index (χ3v) is 5.21. The van der Waals surface area contributed by atoms with Crippen LogP contribution in [-0.2, 0) is 15.7 Å². The van der Waals surface area contributed by atoms with Gasteiger partial charge in [-0.1, -0.05) is 23.8 Å². The molecule has 0 amide bonds. The van der Waals surface area contributed by atoms with Gasteiger partial charge in [0.05, 0.1) is 11.2 Å². The van der Waals surface area contributed by atoms with E-state index < -0.39 is 18.3 Å². The van der Waals surface area contributed by atoms with Gasteiger partial charge in [0.1, 0.15) is 5.73 Å². The molecule has 0 bridgehead atoms. The van der Waals surface area contributed by atoms with Gasteiger partial charge in [-0.05, 0) is 70.6 Å². The molecular weight excluding hydrogens is 278 g/mol. The van der Waals surface area contributed by atoms with Crippen molar-refractivity contribution in [3.8, 4) is 0 Å². The van der Waals surface area contributed by atoms with Gasteiger partial charge in [-0.15, -0.1) is 0 Å². The van der Waals surface area contributed by atoms with Crippen LogP contribution < -0.4 is 0 Å². The summed E-state index contributed by atoms with van der Waals surface area (Å²) in [4.78, 5) is 0. The van der Waals surface area contributed by atoms with Crippen LogP contribution in [0.25, 0.3) is 5.57 Å². The van der Waals surface area contributed by atoms with Gasteiger partial charge in [-0.3, -0.25) is 0 Å². The van der Waals surface area contributed by atoms with E-state index in [4.69, 9.17) is 9.31 Å². The van der Waals surface area contributed by atoms with Crippen LogP contribution in [0.2, 0.25) is 0 Å². The van der Waals surface area contributed by atoms with E-state index in [1.807, 2.05) is 39.8 Å². The summed E-state index contributed by atoms with van der Waals surface area (Å²) in [6.45, 7) is 9.86. The first kappa shape index (κ1) is 15.8. The molecule has 1 heterocycles. The summed E-state index contributed by atoms with van der Waals surface area (Å²) in [6, 6.07) is 6.23. The minimum Gasteiger partial charge on any atom is -0.398 e. The minimum atomic E-state index is -0.896. The first-order chi connectivity index (χ1) is 10.2. The fourth-order valence-corrected chi connectivity index (χ4v) is 3.15. The van der Waals surface area contributed by atoms with Crippen LogP contribution in [0.4, 0.5) is 4.39 Å². The summed E-state index contributed by atoms with van der Waals surface area (Å²) in [5.41, 5.74) is 2.93. The summed E-state index contributed by atoms with van der Waals surface area (Å²) in [5.74, 6) is 0. The van der Waals surface area contributed by atoms with E-state index in [-0.39, 0.29) is 5.73 Å². The number of hydrogen-bond acceptors (Lipinski definition) is 2. The number of aryl methyl sites for hydroxylation is 2. The number of hydrogen-bond donors (Lipinski definition) is 0. The zero-order valence-corrected chi connectivity index (χ0v) is 14.1. The largest absolute Gasteiger partial charge is 0.525 e. The van der Waals surface area contributed by atoms with Crippen molar-refractivity contribution in [2.24, 2.45) is 0 Å². The van der Waals surface area contributed by atoms with Crippen molar-refractivity contribution < 1.29 is 13.7 Å². The molecule has 0 atom stereocenters. The highest BCUT2D eigenvalue weighted by atomic mass is 19.1. The zero-order chi connectivity index (χ0) is 16.1. The van der Waals surface area contributed by atoms with Crippen molar-refractivity contribution in [3.05, 3.63) is 40.6 Å². The summed E-state index contributed by atoms with van der Waals surface area (Å²) in [5, 5.41) is 0. The average Bonchev–Trinajstić information content (AvgIpc) is 2.65. The molecule has 1 saturated heterocycles. The van der Waals surface area contributed by atoms with Crippen molar-refractivity contribution in [1.29, 1.82) is 0 Å². The molecule has 0 N–H and O–H groups in total. The monoisotopic (exact) mass is 302 g/mol. The van der Waals surface area contributed by atoms with Gasteiger partial charge in [0.15, 0.2) is 0 Å². The molecule has 0 radical (unpaired) electrons. The average molecular weight is 302 g/mol. The number of benzene rings is 1. The Balaban J connectivity index is 1.99. The highest BCUT2D eigenvalue weighted by Crippen LogP contribution is 2.42. The van der Waals surface area contributed by atoms with E-state index in [9.17, 15) is 0 Å². The number of fused-ring (bicyclic) bond motifs is 1. The second kappa shape index (κ2) is 5.21. The molecule has 3 rings (SSSR count). The van der Waals surface area contributed by atoms with Crippen molar-refractivity contribution >= 4 is 12.7 Å². The first-order valence-corrected chi connectivity index (χ1v) is 8.05. The predicted octanol–water partition coefficient (Wildman–Crippen LogP) is 4.64. The fraction of sp³-hybridized carbons (Fsp3) is 0.556. The maximum Gasteiger partial charge on any atom is 0.525 e. The maximum atomic E-state index is 15.1. The Kier molecular flexibility index (Phi) is 3.73. The van der Waals surface area contributed by atoms with Crippen LogP contribution in [0.15, 0.2) is 23.9 Å². The minimum absolute atomic E-state index is 0.261. The van der Waals surface area contributed by atoms with Gasteiger partial charge < -0.3 is 9.31 Å². The molecule has 1 aromatic carbocycles. The van der Waals surface area contributed by atoms with Gasteiger partial charge in [0.2, 0.25) is 0 Å². The molecule has 22 heavy (non-hydrogen) atoms. The van der Waals surface area contributed by atoms with Gasteiger partial charge >= 0.3 is 7.12 Å². The lowest BCUT2D eigenvalue weighted by Crippen LogP contribution is -2.41. The molecule has 1 aromatic rings. The van der Waals surface area contributed by atoms with Gasteiger partial charge in [0, 0.05) is 0 Å². The molecule has 1 aliphatic heterocycles. The smallest absolute Gasteiger partial charge is 0.398 e. The second-order valence-corrected chi connectivity index (χ2v) is 7.43. The van der Waals surface area contributed by atoms with Crippen LogP contribution in [-0.4, -0.2) is 18.3 Å². The van der Waals surface area contributed by atoms with E-state index in [0.717, 1.165) is 30.4 Å². The molecule has 0 spiro atoms. The molecular formula is C18H24BFO2. The molecule has 0 unspecified atom stereocenters. The van der Waals surface area contributed by atoms with Crippen LogP contribution in [0.1, 0.15) is 57.2 Å². The Morgan fingerprint density at radius 3 is 2.36 bits per heavy atom. The van der Waals surface area contributed by atoms with E-state index in [1.54, 1.807) is 0 Å². The molecule has 2 nitrogen and oxygen atoms in total. The van der Waals surface area contributed by atoms with Crippen LogP contribution in [0.3, 0.4) is 0 Å². The summed E-state index contributed by atoms with van der Waals surface area (Å²) < 4.78 is 26.8. The molecule has 0 saturated carbocycles. The number of halogens is 1. The SMILES string of the molecule is Cc1ccc2c(c1)CCCC2=C(F)B1OC(C)(C)C(C)(C)O1. The normalized spacial score (nSPS) is 25.1. The van der Waals surface area contributed by atoms with Gasteiger partial charge in [-0.2, -0.15) is 0 Å². The molecule has 2 aliphatic rings. The molecule has 0 aromatic heterocycles. The van der Waals surface area contributed by atoms with E-state index in [2.05, 4.69) is 13.0 Å². The third kappa shape index (κ3) is 2.52. The summed E-state index contributed by atoms with van der Waals surface area (Å²) in [7, 11) is -0.896. The lowest BCUT2D eigenvalue weighted by Gasteiger charge is -2.32. The highest BCUT2D eigenvalue weighted by molar-refractivity contribution is 6.55. The zero-order valence-electron chi connectivity index (χ0n) is 14.1. The quantitative estimate of drug-likeness (QED) is 0.703. The Bertz CT molecular complexity index is 618. The summed E-state index contributed by atoms with van der Waals surface area (Å²) in [6.07, 6.45) is 2.72. The van der Waals surface area contributed by atoms with E-state index in [0.29, 0.717) is 0 Å². The van der Waals surface area contributed by atoms with Crippen LogP contribution in [0.5, 0.6) is 0 Å². The molecule has 1 fully saturated rings. The van der Waals surface area contributed by atoms with Crippen molar-refractivity contribution in [3.63, 3.8) is 0 Å². The second-order valence-electron chi connectivity index (χ2n) is 7.43. The van der Waals surface area contributed by atoms with Crippen molar-refractivity contribution in [2.75, 3.05) is 0 Å². The van der Waals surface area contributed by atoms with Gasteiger partial charge in [0.25, 0.3) is 0 Å². The van der Waals surface area contributed by atoms with E-state index in [1.165, 1.54) is 11.1 Å². The lowest BCUT2D eigenvalue weighted by atomic mass is 9.77. The summed E-state index contributed by atoms with van der Waals surface area (Å²) >= 11 is 0. The highest BCUT2D eigenvalue weighted by Gasteiger charge is 2.53. The number of rotatable bonds is 1. The maximum absolute atomic E-state index is 15.1. The topological polar surface area (TPSA) is 18.5 Å². The van der Waals surface area contributed by atoms with Crippen LogP contribution >= 0.6 is 0 Å². The number of allylic oxidation sites excluding steroid dienone is 1. The Morgan fingerprint density at radius 1 is 1.09 bits per heavy atom. The predicted molar refractivity (Wildman–Crippen MR) is 88.2 cm³/mol. The molecule has 118 valence electrons. The van der Waals surface area contributed by atoms with Crippen molar-refractivity contribution in [2.45, 2.75) is 65.1 Å². The van der Waals surface area contributed by atoms with E-state index >= 15 is 4.39 Å². The standard InChI is InChI=1S/C18H24BFO2/c1-12-9-10-14-13(11-12)7-6-8-15(14)16(20)19-21-17(2,3)18(4,5)22-19/h9-11H,6-8H2,1-5H3. The fourth-order valence-electron chi connectivity index (χ4n) is 3.15. The third-order valence-electron chi connectivity index (χ3n) is 5.21. The van der Waals surface area contributed by atoms with Crippen LogP contribution in [0, 0.1) is 6.92 Å². The first-order valence-electron chi connectivity index (χ1n) is 8.05. The lowest BCUT2D eigenvalue weighted by molar-refractivity contribution is 0.00578. The Morgan fingerprint density at radius 2 is 1.73 bits per heavy atom. The van der Waals surface area contributed by atoms with Gasteiger partial charge in [-0.25, -0.2) is 4.39 Å².